The van der Waals surface area contributed by atoms with E-state index in [1.807, 2.05) is 50.3 Å². The van der Waals surface area contributed by atoms with Crippen LogP contribution in [-0.4, -0.2) is 49.1 Å². The van der Waals surface area contributed by atoms with Crippen LogP contribution in [0.3, 0.4) is 0 Å². The number of rotatable bonds is 9. The molecule has 2 N–H and O–H groups in total. The van der Waals surface area contributed by atoms with Crippen molar-refractivity contribution in [2.75, 3.05) is 32.1 Å². The second-order valence-electron chi connectivity index (χ2n) is 7.53. The Balaban J connectivity index is 2.64. The minimum atomic E-state index is -0.405. The highest BCUT2D eigenvalue weighted by Gasteiger charge is 2.28. The number of nitrogens with zero attached hydrogens (tertiary/aromatic N) is 2. The zero-order valence-corrected chi connectivity index (χ0v) is 21.0. The minimum absolute atomic E-state index is 0.275. The van der Waals surface area contributed by atoms with Gasteiger partial charge in [0.05, 0.1) is 18.0 Å². The summed E-state index contributed by atoms with van der Waals surface area (Å²) in [6.45, 7) is 8.66. The van der Waals surface area contributed by atoms with Gasteiger partial charge in [-0.25, -0.2) is 4.79 Å². The summed E-state index contributed by atoms with van der Waals surface area (Å²) in [6.07, 6.45) is 2.88. The van der Waals surface area contributed by atoms with E-state index in [1.165, 1.54) is 18.9 Å². The first-order valence-electron chi connectivity index (χ1n) is 10.9. The molecule has 2 unspecified atom stereocenters. The highest BCUT2D eigenvalue weighted by atomic mass is 31.0. The van der Waals surface area contributed by atoms with Crippen molar-refractivity contribution >= 4 is 32.2 Å². The van der Waals surface area contributed by atoms with E-state index in [0.717, 1.165) is 45.9 Å². The maximum atomic E-state index is 13.0. The molecular weight excluding hydrogens is 423 g/mol. The van der Waals surface area contributed by atoms with E-state index >= 15 is 0 Å². The minimum Gasteiger partial charge on any atom is -0.496 e. The van der Waals surface area contributed by atoms with Gasteiger partial charge in [-0.2, -0.15) is 0 Å². The van der Waals surface area contributed by atoms with Crippen LogP contribution in [0.5, 0.6) is 0 Å². The molecule has 0 saturated carbocycles. The molecule has 0 bridgehead atoms. The number of hydrogen-bond donors (Lipinski definition) is 2. The number of hydrogen-bond acceptors (Lipinski definition) is 4. The van der Waals surface area contributed by atoms with E-state index < -0.39 is 6.03 Å². The molecule has 7 nitrogen and oxygen atoms in total. The van der Waals surface area contributed by atoms with Gasteiger partial charge in [-0.05, 0) is 49.8 Å². The fourth-order valence-corrected chi connectivity index (χ4v) is 3.56. The van der Waals surface area contributed by atoms with Gasteiger partial charge < -0.3 is 15.0 Å². The number of anilines is 1. The number of aromatic amines is 1. The number of allylic oxidation sites excluding steroid dienone is 1. The maximum Gasteiger partial charge on any atom is 0.330 e. The smallest absolute Gasteiger partial charge is 0.330 e. The molecule has 174 valence electrons. The summed E-state index contributed by atoms with van der Waals surface area (Å²) in [5.41, 5.74) is 3.36. The van der Waals surface area contributed by atoms with Gasteiger partial charge in [-0.3, -0.25) is 14.6 Å². The van der Waals surface area contributed by atoms with Gasteiger partial charge in [0, 0.05) is 26.7 Å². The number of ether oxygens (including phenoxy) is 1. The second-order valence-corrected chi connectivity index (χ2v) is 8.20. The third-order valence-corrected chi connectivity index (χ3v) is 5.61. The number of aromatic nitrogens is 1. The summed E-state index contributed by atoms with van der Waals surface area (Å²) in [7, 11) is 5.84. The highest BCUT2D eigenvalue weighted by Crippen LogP contribution is 2.35. The molecule has 2 atom stereocenters. The lowest BCUT2D eigenvalue weighted by Crippen LogP contribution is -2.42. The van der Waals surface area contributed by atoms with Crippen molar-refractivity contribution in [2.24, 2.45) is 0 Å². The molecule has 8 heteroatoms. The Morgan fingerprint density at radius 1 is 1.22 bits per heavy atom. The summed E-state index contributed by atoms with van der Waals surface area (Å²) < 4.78 is 5.92. The van der Waals surface area contributed by atoms with E-state index in [4.69, 9.17) is 4.74 Å². The Hall–Kier alpha value is -2.63. The summed E-state index contributed by atoms with van der Waals surface area (Å²) in [6, 6.07) is 9.35. The summed E-state index contributed by atoms with van der Waals surface area (Å²) in [4.78, 5) is 30.9. The fourth-order valence-electron chi connectivity index (χ4n) is 3.37. The summed E-state index contributed by atoms with van der Waals surface area (Å²) >= 11 is 0. The van der Waals surface area contributed by atoms with Gasteiger partial charge in [0.2, 0.25) is 5.91 Å². The lowest BCUT2D eigenvalue weighted by atomic mass is 10.1. The Bertz CT molecular complexity index is 953. The van der Waals surface area contributed by atoms with Crippen LogP contribution in [0.25, 0.3) is 11.3 Å². The summed E-state index contributed by atoms with van der Waals surface area (Å²) in [5, 5.41) is 4.62. The van der Waals surface area contributed by atoms with Crippen LogP contribution in [-0.2, 0) is 9.53 Å². The standard InChI is InChI=1S/C24H35N4O3P/c1-7-14-25-23(21(8-2)31-9-3)22-20(28(6)24(30)27(5)16(4)29)15-19(26-22)17-10-12-18(32)13-11-17/h8,10-13,15,23,25-26H,7,9,14,32H2,1-6H3/b21-8-. The molecule has 0 aliphatic rings. The average molecular weight is 459 g/mol. The van der Waals surface area contributed by atoms with Gasteiger partial charge in [-0.15, -0.1) is 9.24 Å². The first-order valence-corrected chi connectivity index (χ1v) is 11.5. The Morgan fingerprint density at radius 3 is 2.41 bits per heavy atom. The van der Waals surface area contributed by atoms with Gasteiger partial charge in [0.25, 0.3) is 0 Å². The topological polar surface area (TPSA) is 77.7 Å². The fraction of sp³-hybridized carbons (Fsp3) is 0.417. The van der Waals surface area contributed by atoms with Crippen LogP contribution in [0.15, 0.2) is 42.2 Å². The van der Waals surface area contributed by atoms with Crippen molar-refractivity contribution < 1.29 is 14.3 Å². The van der Waals surface area contributed by atoms with Crippen LogP contribution >= 0.6 is 9.24 Å². The van der Waals surface area contributed by atoms with Crippen LogP contribution in [0.2, 0.25) is 0 Å². The molecule has 1 aromatic heterocycles. The van der Waals surface area contributed by atoms with Crippen molar-refractivity contribution in [1.82, 2.24) is 15.2 Å². The van der Waals surface area contributed by atoms with Gasteiger partial charge in [-0.1, -0.05) is 31.2 Å². The van der Waals surface area contributed by atoms with E-state index in [-0.39, 0.29) is 11.9 Å². The van der Waals surface area contributed by atoms with Crippen molar-refractivity contribution in [3.63, 3.8) is 0 Å². The monoisotopic (exact) mass is 458 g/mol. The lowest BCUT2D eigenvalue weighted by molar-refractivity contribution is -0.124. The number of imide groups is 1. The predicted molar refractivity (Wildman–Crippen MR) is 134 cm³/mol. The molecular formula is C24H35N4O3P. The normalized spacial score (nSPS) is 12.4. The molecule has 0 aliphatic heterocycles. The molecule has 0 spiro atoms. The van der Waals surface area contributed by atoms with Gasteiger partial charge >= 0.3 is 6.03 Å². The molecule has 0 saturated heterocycles. The molecule has 0 aliphatic carbocycles. The van der Waals surface area contributed by atoms with Crippen molar-refractivity contribution in [2.45, 2.75) is 40.2 Å². The van der Waals surface area contributed by atoms with E-state index in [9.17, 15) is 9.59 Å². The van der Waals surface area contributed by atoms with Crippen LogP contribution in [0, 0.1) is 0 Å². The first kappa shape index (κ1) is 25.6. The maximum absolute atomic E-state index is 13.0. The van der Waals surface area contributed by atoms with E-state index in [0.29, 0.717) is 12.3 Å². The average Bonchev–Trinajstić information content (AvgIpc) is 3.22. The van der Waals surface area contributed by atoms with Gasteiger partial charge in [0.1, 0.15) is 11.8 Å². The SMILES string of the molecule is C/C=C(\OCC)C(NCCC)c1[nH]c(-c2ccc(P)cc2)cc1N(C)C(=O)N(C)C(C)=O. The zero-order valence-electron chi connectivity index (χ0n) is 19.9. The van der Waals surface area contributed by atoms with Crippen molar-refractivity contribution in [3.05, 3.63) is 47.9 Å². The number of nitrogens with one attached hydrogen (secondary N) is 2. The molecule has 3 amide bonds. The molecule has 0 fully saturated rings. The number of carbonyl (C=O) groups is 2. The highest BCUT2D eigenvalue weighted by molar-refractivity contribution is 7.27. The van der Waals surface area contributed by atoms with Gasteiger partial charge in [0.15, 0.2) is 0 Å². The molecule has 2 aromatic rings. The number of urea groups is 1. The number of amides is 3. The van der Waals surface area contributed by atoms with Crippen LogP contribution < -0.4 is 15.5 Å². The second kappa shape index (κ2) is 11.8. The van der Waals surface area contributed by atoms with E-state index in [1.54, 1.807) is 7.05 Å². The number of benzene rings is 1. The number of H-pyrrole nitrogens is 1. The summed E-state index contributed by atoms with van der Waals surface area (Å²) in [5.74, 6) is 0.455. The quantitative estimate of drug-likeness (QED) is 0.436. The first-order chi connectivity index (χ1) is 15.2. The molecule has 0 radical (unpaired) electrons. The van der Waals surface area contributed by atoms with Crippen LogP contribution in [0.4, 0.5) is 10.5 Å². The largest absolute Gasteiger partial charge is 0.496 e. The Morgan fingerprint density at radius 2 is 1.88 bits per heavy atom. The van der Waals surface area contributed by atoms with Crippen molar-refractivity contribution in [3.8, 4) is 11.3 Å². The third kappa shape index (κ3) is 5.99. The molecule has 32 heavy (non-hydrogen) atoms. The molecule has 2 rings (SSSR count). The predicted octanol–water partition coefficient (Wildman–Crippen LogP) is 4.20. The Kier molecular flexibility index (Phi) is 9.48. The van der Waals surface area contributed by atoms with Crippen LogP contribution in [0.1, 0.15) is 45.9 Å². The Labute approximate surface area is 193 Å². The van der Waals surface area contributed by atoms with Crippen molar-refractivity contribution in [1.29, 1.82) is 0 Å². The molecule has 1 aromatic carbocycles. The molecule has 1 heterocycles. The zero-order chi connectivity index (χ0) is 23.8. The van der Waals surface area contributed by atoms with E-state index in [2.05, 4.69) is 26.5 Å². The lowest BCUT2D eigenvalue weighted by Gasteiger charge is -2.27. The number of carbonyl (C=O) groups excluding carboxylic acids is 2. The third-order valence-electron chi connectivity index (χ3n) is 5.22.